The number of phenols is 2. The fraction of sp³-hybridized carbons (Fsp3) is 0. The van der Waals surface area contributed by atoms with E-state index in [9.17, 15) is 54.1 Å². The molecule has 0 spiro atoms. The number of fused-ring (bicyclic) bond motifs is 6. The number of halogens is 10. The Morgan fingerprint density at radius 3 is 0.967 bits per heavy atom. The van der Waals surface area contributed by atoms with Crippen LogP contribution in [0.3, 0.4) is 0 Å². The van der Waals surface area contributed by atoms with Gasteiger partial charge in [-0.3, -0.25) is 0 Å². The summed E-state index contributed by atoms with van der Waals surface area (Å²) < 4.78 is 142. The summed E-state index contributed by atoms with van der Waals surface area (Å²) in [5.74, 6) is -28.5. The Morgan fingerprint density at radius 2 is 0.533 bits per heavy atom. The van der Waals surface area contributed by atoms with Crippen LogP contribution in [0.25, 0.3) is 32.3 Å². The number of benzene rings is 4. The van der Waals surface area contributed by atoms with Crippen LogP contribution in [0.4, 0.5) is 43.9 Å². The van der Waals surface area contributed by atoms with Gasteiger partial charge in [-0.2, -0.15) is 8.78 Å². The average molecular weight is 440 g/mol. The van der Waals surface area contributed by atoms with E-state index in [0.717, 1.165) is 0 Å². The number of phenolic OH excluding ortho intramolecular Hbond substituents is 2. The molecule has 4 aromatic carbocycles. The maximum atomic E-state index is 14.5. The molecule has 4 rings (SSSR count). The van der Waals surface area contributed by atoms with Crippen molar-refractivity contribution < 1.29 is 54.1 Å². The van der Waals surface area contributed by atoms with Gasteiger partial charge in [-0.05, 0) is 0 Å². The molecular formula is C18H2F10O2. The lowest BCUT2D eigenvalue weighted by molar-refractivity contribution is 0.382. The smallest absolute Gasteiger partial charge is 0.204 e. The SMILES string of the molecule is Oc1c(F)c(F)c2c(c1F)c1c(F)c(F)c(F)c(O)c1c1c(F)c(F)c(F)c(F)c12. The molecule has 0 heterocycles. The van der Waals surface area contributed by atoms with Crippen molar-refractivity contribution in [2.45, 2.75) is 0 Å². The highest BCUT2D eigenvalue weighted by Gasteiger charge is 2.34. The molecule has 2 nitrogen and oxygen atoms in total. The summed E-state index contributed by atoms with van der Waals surface area (Å²) in [6, 6.07) is 0. The van der Waals surface area contributed by atoms with E-state index in [1.807, 2.05) is 0 Å². The van der Waals surface area contributed by atoms with Gasteiger partial charge < -0.3 is 10.2 Å². The van der Waals surface area contributed by atoms with Crippen LogP contribution in [0, 0.1) is 58.2 Å². The molecule has 0 aliphatic rings. The minimum atomic E-state index is -2.59. The van der Waals surface area contributed by atoms with Crippen molar-refractivity contribution in [1.82, 2.24) is 0 Å². The van der Waals surface area contributed by atoms with Crippen molar-refractivity contribution in [2.75, 3.05) is 0 Å². The third-order valence-electron chi connectivity index (χ3n) is 4.61. The highest BCUT2D eigenvalue weighted by molar-refractivity contribution is 6.27. The molecule has 30 heavy (non-hydrogen) atoms. The predicted molar refractivity (Wildman–Crippen MR) is 81.9 cm³/mol. The van der Waals surface area contributed by atoms with Crippen molar-refractivity contribution in [3.63, 3.8) is 0 Å². The van der Waals surface area contributed by atoms with E-state index in [4.69, 9.17) is 0 Å². The van der Waals surface area contributed by atoms with Crippen LogP contribution in [0.2, 0.25) is 0 Å². The number of rotatable bonds is 0. The zero-order valence-corrected chi connectivity index (χ0v) is 13.7. The van der Waals surface area contributed by atoms with E-state index in [0.29, 0.717) is 0 Å². The highest BCUT2D eigenvalue weighted by Crippen LogP contribution is 2.48. The quantitative estimate of drug-likeness (QED) is 0.154. The minimum Gasteiger partial charge on any atom is -0.504 e. The zero-order valence-electron chi connectivity index (χ0n) is 13.7. The maximum Gasteiger partial charge on any atom is 0.204 e. The molecule has 4 aromatic rings. The Morgan fingerprint density at radius 1 is 0.267 bits per heavy atom. The van der Waals surface area contributed by atoms with Gasteiger partial charge in [0, 0.05) is 32.3 Å². The molecule has 0 aromatic heterocycles. The van der Waals surface area contributed by atoms with Crippen LogP contribution in [-0.2, 0) is 0 Å². The lowest BCUT2D eigenvalue weighted by Crippen LogP contribution is -2.05. The third-order valence-corrected chi connectivity index (χ3v) is 4.61. The van der Waals surface area contributed by atoms with E-state index in [2.05, 4.69) is 0 Å². The summed E-state index contributed by atoms with van der Waals surface area (Å²) in [5, 5.41) is 8.97. The average Bonchev–Trinajstić information content (AvgIpc) is 2.73. The lowest BCUT2D eigenvalue weighted by atomic mass is 9.91. The van der Waals surface area contributed by atoms with Crippen LogP contribution < -0.4 is 0 Å². The van der Waals surface area contributed by atoms with Crippen LogP contribution >= 0.6 is 0 Å². The summed E-state index contributed by atoms with van der Waals surface area (Å²) >= 11 is 0. The number of hydrogen-bond donors (Lipinski definition) is 2. The van der Waals surface area contributed by atoms with Crippen molar-refractivity contribution in [1.29, 1.82) is 0 Å². The predicted octanol–water partition coefficient (Wildman–Crippen LogP) is 5.95. The monoisotopic (exact) mass is 440 g/mol. The van der Waals surface area contributed by atoms with Crippen LogP contribution in [0.15, 0.2) is 0 Å². The highest BCUT2D eigenvalue weighted by atomic mass is 19.2. The van der Waals surface area contributed by atoms with E-state index in [1.165, 1.54) is 0 Å². The first-order valence-corrected chi connectivity index (χ1v) is 7.59. The zero-order chi connectivity index (χ0) is 22.4. The Bertz CT molecular complexity index is 1150. The molecule has 0 fully saturated rings. The van der Waals surface area contributed by atoms with E-state index in [1.54, 1.807) is 0 Å². The van der Waals surface area contributed by atoms with Crippen LogP contribution in [0.5, 0.6) is 11.5 Å². The molecule has 0 saturated carbocycles. The van der Waals surface area contributed by atoms with Gasteiger partial charge >= 0.3 is 0 Å². The molecule has 2 N–H and O–H groups in total. The second kappa shape index (κ2) is 6.03. The normalized spacial score (nSPS) is 11.9. The van der Waals surface area contributed by atoms with Gasteiger partial charge in [-0.15, -0.1) is 0 Å². The second-order valence-electron chi connectivity index (χ2n) is 6.09. The molecule has 0 amide bonds. The molecule has 0 atom stereocenters. The van der Waals surface area contributed by atoms with Crippen LogP contribution in [0.1, 0.15) is 0 Å². The molecule has 0 radical (unpaired) electrons. The van der Waals surface area contributed by atoms with Crippen LogP contribution in [-0.4, -0.2) is 10.2 Å². The Labute approximate surface area is 157 Å². The molecule has 0 saturated heterocycles. The van der Waals surface area contributed by atoms with Crippen molar-refractivity contribution in [3.8, 4) is 11.5 Å². The summed E-state index contributed by atoms with van der Waals surface area (Å²) in [6.45, 7) is 0. The first kappa shape index (κ1) is 19.9. The van der Waals surface area contributed by atoms with Gasteiger partial charge in [0.05, 0.1) is 0 Å². The van der Waals surface area contributed by atoms with Crippen molar-refractivity contribution >= 4 is 32.3 Å². The second-order valence-corrected chi connectivity index (χ2v) is 6.09. The fourth-order valence-electron chi connectivity index (χ4n) is 3.34. The van der Waals surface area contributed by atoms with Crippen molar-refractivity contribution in [2.24, 2.45) is 0 Å². The first-order chi connectivity index (χ1) is 13.9. The Balaban J connectivity index is 2.66. The largest absolute Gasteiger partial charge is 0.504 e. The molecular weight excluding hydrogens is 438 g/mol. The summed E-state index contributed by atoms with van der Waals surface area (Å²) in [6.07, 6.45) is 0. The van der Waals surface area contributed by atoms with E-state index < -0.39 is 102 Å². The maximum absolute atomic E-state index is 14.5. The number of aromatic hydroxyl groups is 2. The lowest BCUT2D eigenvalue weighted by Gasteiger charge is -2.17. The number of hydrogen-bond acceptors (Lipinski definition) is 2. The van der Waals surface area contributed by atoms with E-state index >= 15 is 0 Å². The molecule has 0 aliphatic heterocycles. The standard InChI is InChI=1S/C18H2F10O2/c19-7-2-1-3(11(23)18(30)15(27)10(1)22)5-6(4(2)8(20)13(25)12(7)24)17(29)16(28)14(26)9(5)21/h29-30H. The van der Waals surface area contributed by atoms with Gasteiger partial charge in [-0.1, -0.05) is 0 Å². The first-order valence-electron chi connectivity index (χ1n) is 7.59. The summed E-state index contributed by atoms with van der Waals surface area (Å²) in [5.41, 5.74) is 0. The molecule has 156 valence electrons. The fourth-order valence-corrected chi connectivity index (χ4v) is 3.34. The Kier molecular flexibility index (Phi) is 3.99. The Hall–Kier alpha value is -3.44. The van der Waals surface area contributed by atoms with Gasteiger partial charge in [-0.25, -0.2) is 35.1 Å². The topological polar surface area (TPSA) is 40.5 Å². The molecule has 12 heteroatoms. The van der Waals surface area contributed by atoms with Crippen molar-refractivity contribution in [3.05, 3.63) is 58.2 Å². The van der Waals surface area contributed by atoms with E-state index in [-0.39, 0.29) is 0 Å². The van der Waals surface area contributed by atoms with Gasteiger partial charge in [0.25, 0.3) is 0 Å². The molecule has 0 aliphatic carbocycles. The minimum absolute atomic E-state index is 1.62. The molecule has 0 bridgehead atoms. The van der Waals surface area contributed by atoms with Gasteiger partial charge in [0.15, 0.2) is 58.0 Å². The summed E-state index contributed by atoms with van der Waals surface area (Å²) in [4.78, 5) is 0. The third kappa shape index (κ3) is 2.10. The molecule has 0 unspecified atom stereocenters. The van der Waals surface area contributed by atoms with Gasteiger partial charge in [0.1, 0.15) is 0 Å². The summed E-state index contributed by atoms with van der Waals surface area (Å²) in [7, 11) is 0. The van der Waals surface area contributed by atoms with Gasteiger partial charge in [0.2, 0.25) is 11.6 Å².